The average molecular weight is 327 g/mol. The van der Waals surface area contributed by atoms with Crippen molar-refractivity contribution in [3.8, 4) is 11.6 Å². The third kappa shape index (κ3) is 3.51. The fourth-order valence-corrected chi connectivity index (χ4v) is 2.68. The van der Waals surface area contributed by atoms with Crippen molar-refractivity contribution in [1.82, 2.24) is 9.97 Å². The predicted molar refractivity (Wildman–Crippen MR) is 85.7 cm³/mol. The van der Waals surface area contributed by atoms with E-state index in [1.165, 1.54) is 12.4 Å². The number of carboxylic acid groups (broad SMARTS) is 1. The maximum absolute atomic E-state index is 12.2. The second kappa shape index (κ2) is 6.66. The van der Waals surface area contributed by atoms with Gasteiger partial charge >= 0.3 is 5.97 Å². The van der Waals surface area contributed by atoms with E-state index < -0.39 is 11.4 Å². The van der Waals surface area contributed by atoms with Crippen molar-refractivity contribution >= 4 is 17.6 Å². The highest BCUT2D eigenvalue weighted by Crippen LogP contribution is 2.44. The predicted octanol–water partition coefficient (Wildman–Crippen LogP) is 2.85. The van der Waals surface area contributed by atoms with Crippen LogP contribution in [0.5, 0.6) is 11.6 Å². The molecule has 0 aliphatic heterocycles. The van der Waals surface area contributed by atoms with Gasteiger partial charge in [0.25, 0.3) is 0 Å². The van der Waals surface area contributed by atoms with Crippen molar-refractivity contribution in [3.05, 3.63) is 42.9 Å². The average Bonchev–Trinajstić information content (AvgIpc) is 2.52. The first-order valence-electron chi connectivity index (χ1n) is 7.65. The topological polar surface area (TPSA) is 101 Å². The number of ether oxygens (including phenoxy) is 1. The lowest BCUT2D eigenvalue weighted by molar-refractivity contribution is -0.157. The molecule has 0 unspecified atom stereocenters. The van der Waals surface area contributed by atoms with Crippen LogP contribution in [0.2, 0.25) is 0 Å². The van der Waals surface area contributed by atoms with Crippen LogP contribution in [0.25, 0.3) is 0 Å². The van der Waals surface area contributed by atoms with Crippen molar-refractivity contribution in [2.75, 3.05) is 5.32 Å². The van der Waals surface area contributed by atoms with E-state index in [9.17, 15) is 14.7 Å². The van der Waals surface area contributed by atoms with Crippen molar-refractivity contribution in [1.29, 1.82) is 0 Å². The number of aliphatic carboxylic acids is 1. The third-order valence-electron chi connectivity index (χ3n) is 4.14. The molecular weight excluding hydrogens is 310 g/mol. The van der Waals surface area contributed by atoms with Crippen LogP contribution in [-0.4, -0.2) is 27.0 Å². The Morgan fingerprint density at radius 1 is 1.29 bits per heavy atom. The summed E-state index contributed by atoms with van der Waals surface area (Å²) in [6.07, 6.45) is 6.47. The zero-order chi connectivity index (χ0) is 17.0. The second-order valence-electron chi connectivity index (χ2n) is 5.84. The van der Waals surface area contributed by atoms with E-state index >= 15 is 0 Å². The van der Waals surface area contributed by atoms with Gasteiger partial charge in [0.05, 0.1) is 11.6 Å². The smallest absolute Gasteiger partial charge is 0.310 e. The summed E-state index contributed by atoms with van der Waals surface area (Å²) < 4.78 is 5.55. The minimum atomic E-state index is -0.905. The highest BCUT2D eigenvalue weighted by atomic mass is 16.5. The van der Waals surface area contributed by atoms with E-state index in [0.29, 0.717) is 30.2 Å². The molecule has 1 aromatic carbocycles. The molecule has 1 saturated carbocycles. The van der Waals surface area contributed by atoms with Gasteiger partial charge in [-0.15, -0.1) is 0 Å². The summed E-state index contributed by atoms with van der Waals surface area (Å²) in [6, 6.07) is 6.84. The van der Waals surface area contributed by atoms with E-state index in [1.54, 1.807) is 30.5 Å². The minimum Gasteiger partial charge on any atom is -0.481 e. The molecule has 1 heterocycles. The fourth-order valence-electron chi connectivity index (χ4n) is 2.68. The maximum atomic E-state index is 12.2. The van der Waals surface area contributed by atoms with Crippen LogP contribution in [0.3, 0.4) is 0 Å². The van der Waals surface area contributed by atoms with Gasteiger partial charge in [0.2, 0.25) is 11.8 Å². The molecule has 7 heteroatoms. The molecule has 0 bridgehead atoms. The number of carboxylic acids is 1. The van der Waals surface area contributed by atoms with Crippen LogP contribution in [0.4, 0.5) is 5.69 Å². The lowest BCUT2D eigenvalue weighted by Crippen LogP contribution is -2.41. The number of anilines is 1. The summed E-state index contributed by atoms with van der Waals surface area (Å²) >= 11 is 0. The molecule has 2 aromatic rings. The van der Waals surface area contributed by atoms with Gasteiger partial charge < -0.3 is 15.2 Å². The molecule has 7 nitrogen and oxygen atoms in total. The number of nitrogens with one attached hydrogen (secondary N) is 1. The van der Waals surface area contributed by atoms with Crippen LogP contribution in [0.1, 0.15) is 25.7 Å². The number of rotatable bonds is 6. The second-order valence-corrected chi connectivity index (χ2v) is 5.84. The van der Waals surface area contributed by atoms with Crippen LogP contribution in [0.15, 0.2) is 42.9 Å². The van der Waals surface area contributed by atoms with Crippen molar-refractivity contribution in [3.63, 3.8) is 0 Å². The Kier molecular flexibility index (Phi) is 4.41. The first-order chi connectivity index (χ1) is 11.6. The number of aromatic nitrogens is 2. The van der Waals surface area contributed by atoms with E-state index in [-0.39, 0.29) is 12.3 Å². The highest BCUT2D eigenvalue weighted by molar-refractivity contribution is 5.94. The number of carbonyl (C=O) groups is 2. The molecular formula is C17H17N3O4. The van der Waals surface area contributed by atoms with Crippen LogP contribution in [-0.2, 0) is 9.59 Å². The Morgan fingerprint density at radius 2 is 2.12 bits per heavy atom. The van der Waals surface area contributed by atoms with E-state index in [2.05, 4.69) is 15.3 Å². The number of benzene rings is 1. The van der Waals surface area contributed by atoms with Crippen molar-refractivity contribution in [2.45, 2.75) is 25.7 Å². The maximum Gasteiger partial charge on any atom is 0.310 e. The number of amides is 1. The Hall–Kier alpha value is -2.96. The molecule has 3 rings (SSSR count). The molecule has 124 valence electrons. The Morgan fingerprint density at radius 3 is 2.75 bits per heavy atom. The number of nitrogens with zero attached hydrogens (tertiary/aromatic N) is 2. The van der Waals surface area contributed by atoms with Crippen molar-refractivity contribution in [2.24, 2.45) is 5.41 Å². The molecule has 1 aliphatic carbocycles. The quantitative estimate of drug-likeness (QED) is 0.846. The first-order valence-corrected chi connectivity index (χ1v) is 7.65. The summed E-state index contributed by atoms with van der Waals surface area (Å²) in [5.74, 6) is -0.359. The lowest BCUT2D eigenvalue weighted by Gasteiger charge is -2.36. The molecule has 1 amide bonds. The molecule has 0 atom stereocenters. The number of carbonyl (C=O) groups excluding carboxylic acids is 1. The summed E-state index contributed by atoms with van der Waals surface area (Å²) in [7, 11) is 0. The van der Waals surface area contributed by atoms with Gasteiger partial charge in [0.15, 0.2) is 0 Å². The van der Waals surface area contributed by atoms with Gasteiger partial charge in [-0.3, -0.25) is 14.6 Å². The highest BCUT2D eigenvalue weighted by Gasteiger charge is 2.45. The summed E-state index contributed by atoms with van der Waals surface area (Å²) in [5, 5.41) is 12.0. The number of hydrogen-bond donors (Lipinski definition) is 2. The molecule has 1 aromatic heterocycles. The molecule has 0 radical (unpaired) electrons. The van der Waals surface area contributed by atoms with Crippen LogP contribution in [0, 0.1) is 5.41 Å². The number of hydrogen-bond acceptors (Lipinski definition) is 5. The summed E-state index contributed by atoms with van der Waals surface area (Å²) in [6.45, 7) is 0. The monoisotopic (exact) mass is 327 g/mol. The SMILES string of the molecule is O=C(CC1(C(=O)O)CCC1)Nc1cccc(Oc2cnccn2)c1. The van der Waals surface area contributed by atoms with Crippen LogP contribution < -0.4 is 10.1 Å². The van der Waals surface area contributed by atoms with Gasteiger partial charge in [0, 0.05) is 30.6 Å². The van der Waals surface area contributed by atoms with Gasteiger partial charge in [0.1, 0.15) is 5.75 Å². The zero-order valence-electron chi connectivity index (χ0n) is 12.9. The Labute approximate surface area is 138 Å². The third-order valence-corrected chi connectivity index (χ3v) is 4.14. The molecule has 1 fully saturated rings. The zero-order valence-corrected chi connectivity index (χ0v) is 12.9. The van der Waals surface area contributed by atoms with Crippen molar-refractivity contribution < 1.29 is 19.4 Å². The van der Waals surface area contributed by atoms with E-state index in [0.717, 1.165) is 6.42 Å². The lowest BCUT2D eigenvalue weighted by atomic mass is 9.66. The van der Waals surface area contributed by atoms with Gasteiger partial charge in [-0.2, -0.15) is 0 Å². The van der Waals surface area contributed by atoms with Gasteiger partial charge in [-0.25, -0.2) is 4.98 Å². The fraction of sp³-hybridized carbons (Fsp3) is 0.294. The standard InChI is InChI=1S/C17H17N3O4/c21-14(10-17(16(22)23)5-2-6-17)20-12-3-1-4-13(9-12)24-15-11-18-7-8-19-15/h1,3-4,7-9,11H,2,5-6,10H2,(H,20,21)(H,22,23). The first kappa shape index (κ1) is 15.9. The molecule has 1 aliphatic rings. The Bertz CT molecular complexity index is 745. The Balaban J connectivity index is 1.64. The summed E-state index contributed by atoms with van der Waals surface area (Å²) in [5.41, 5.74) is -0.362. The summed E-state index contributed by atoms with van der Waals surface area (Å²) in [4.78, 5) is 31.4. The van der Waals surface area contributed by atoms with E-state index in [1.807, 2.05) is 0 Å². The van der Waals surface area contributed by atoms with Gasteiger partial charge in [-0.1, -0.05) is 12.5 Å². The van der Waals surface area contributed by atoms with Gasteiger partial charge in [-0.05, 0) is 25.0 Å². The van der Waals surface area contributed by atoms with Crippen LogP contribution >= 0.6 is 0 Å². The van der Waals surface area contributed by atoms with E-state index in [4.69, 9.17) is 4.74 Å². The molecule has 0 saturated heterocycles. The minimum absolute atomic E-state index is 0.0163. The largest absolute Gasteiger partial charge is 0.481 e. The normalized spacial score (nSPS) is 15.2. The molecule has 2 N–H and O–H groups in total. The molecule has 0 spiro atoms. The molecule has 24 heavy (non-hydrogen) atoms.